The predicted octanol–water partition coefficient (Wildman–Crippen LogP) is 4.43. The summed E-state index contributed by atoms with van der Waals surface area (Å²) in [5.41, 5.74) is 18.6. The summed E-state index contributed by atoms with van der Waals surface area (Å²) >= 11 is 0. The van der Waals surface area contributed by atoms with E-state index in [0.717, 1.165) is 54.6 Å². The standard InChI is InChI=1S/C23H29N5/c1-3-15-11-16(21-9-6-19(25)10-14(21)2)12-17-13-26-23(28-22(15)17)27-20-7-4-18(24)5-8-20/h6,9-13,18,20H,3-5,7-8,24-25H2,1-2H3,(H,26,27,28). The van der Waals surface area contributed by atoms with Gasteiger partial charge >= 0.3 is 0 Å². The Hall–Kier alpha value is -2.66. The highest BCUT2D eigenvalue weighted by atomic mass is 15.1. The molecule has 0 aliphatic heterocycles. The van der Waals surface area contributed by atoms with Crippen molar-refractivity contribution in [3.8, 4) is 11.1 Å². The van der Waals surface area contributed by atoms with Crippen molar-refractivity contribution in [2.45, 2.75) is 58.0 Å². The molecule has 0 bridgehead atoms. The number of rotatable bonds is 4. The third kappa shape index (κ3) is 3.80. The first-order chi connectivity index (χ1) is 13.5. The van der Waals surface area contributed by atoms with Crippen LogP contribution in [-0.2, 0) is 6.42 Å². The van der Waals surface area contributed by atoms with Crippen molar-refractivity contribution in [3.63, 3.8) is 0 Å². The summed E-state index contributed by atoms with van der Waals surface area (Å²) in [6, 6.07) is 11.3. The van der Waals surface area contributed by atoms with Crippen LogP contribution < -0.4 is 16.8 Å². The number of nitrogens with two attached hydrogens (primary N) is 2. The molecule has 0 unspecified atom stereocenters. The fourth-order valence-electron chi connectivity index (χ4n) is 4.17. The smallest absolute Gasteiger partial charge is 0.223 e. The van der Waals surface area contributed by atoms with Crippen molar-refractivity contribution in [2.24, 2.45) is 5.73 Å². The van der Waals surface area contributed by atoms with Gasteiger partial charge in [0.05, 0.1) is 5.52 Å². The van der Waals surface area contributed by atoms with Gasteiger partial charge in [-0.3, -0.25) is 0 Å². The molecular formula is C23H29N5. The zero-order valence-corrected chi connectivity index (χ0v) is 16.7. The summed E-state index contributed by atoms with van der Waals surface area (Å²) < 4.78 is 0. The Bertz CT molecular complexity index is 990. The number of aryl methyl sites for hydroxylation is 2. The van der Waals surface area contributed by atoms with E-state index >= 15 is 0 Å². The fourth-order valence-corrected chi connectivity index (χ4v) is 4.17. The van der Waals surface area contributed by atoms with Gasteiger partial charge < -0.3 is 16.8 Å². The van der Waals surface area contributed by atoms with E-state index in [0.29, 0.717) is 12.1 Å². The van der Waals surface area contributed by atoms with E-state index in [9.17, 15) is 0 Å². The minimum atomic E-state index is 0.345. The van der Waals surface area contributed by atoms with Gasteiger partial charge in [-0.2, -0.15) is 0 Å². The predicted molar refractivity (Wildman–Crippen MR) is 117 cm³/mol. The van der Waals surface area contributed by atoms with Gasteiger partial charge in [-0.05, 0) is 85.5 Å². The molecule has 5 nitrogen and oxygen atoms in total. The maximum atomic E-state index is 6.02. The van der Waals surface area contributed by atoms with Crippen LogP contribution in [0.5, 0.6) is 0 Å². The molecule has 1 saturated carbocycles. The molecule has 0 radical (unpaired) electrons. The molecule has 1 fully saturated rings. The summed E-state index contributed by atoms with van der Waals surface area (Å²) in [6.07, 6.45) is 7.16. The number of nitrogens with one attached hydrogen (secondary N) is 1. The molecule has 28 heavy (non-hydrogen) atoms. The molecule has 4 rings (SSSR count). The summed E-state index contributed by atoms with van der Waals surface area (Å²) in [6.45, 7) is 4.27. The summed E-state index contributed by atoms with van der Waals surface area (Å²) in [4.78, 5) is 9.45. The minimum Gasteiger partial charge on any atom is -0.399 e. The van der Waals surface area contributed by atoms with Crippen molar-refractivity contribution in [3.05, 3.63) is 47.7 Å². The third-order valence-corrected chi connectivity index (χ3v) is 5.81. The van der Waals surface area contributed by atoms with Crippen LogP contribution in [-0.4, -0.2) is 22.1 Å². The zero-order chi connectivity index (χ0) is 19.7. The maximum Gasteiger partial charge on any atom is 0.223 e. The van der Waals surface area contributed by atoms with Crippen LogP contribution in [0.1, 0.15) is 43.7 Å². The third-order valence-electron chi connectivity index (χ3n) is 5.81. The SMILES string of the molecule is CCc1cc(-c2ccc(N)cc2C)cc2cnc(NC3CCC(N)CC3)nc12. The highest BCUT2D eigenvalue weighted by molar-refractivity contribution is 5.88. The van der Waals surface area contributed by atoms with Gasteiger partial charge in [0.1, 0.15) is 0 Å². The van der Waals surface area contributed by atoms with Gasteiger partial charge in [0.15, 0.2) is 0 Å². The fraction of sp³-hybridized carbons (Fsp3) is 0.391. The zero-order valence-electron chi connectivity index (χ0n) is 16.7. The number of hydrogen-bond donors (Lipinski definition) is 3. The number of anilines is 2. The Morgan fingerprint density at radius 2 is 1.89 bits per heavy atom. The highest BCUT2D eigenvalue weighted by Crippen LogP contribution is 2.31. The van der Waals surface area contributed by atoms with Crippen LogP contribution in [0, 0.1) is 6.92 Å². The van der Waals surface area contributed by atoms with Crippen LogP contribution in [0.3, 0.4) is 0 Å². The monoisotopic (exact) mass is 375 g/mol. The molecule has 5 N–H and O–H groups in total. The topological polar surface area (TPSA) is 89.8 Å². The molecule has 2 aromatic carbocycles. The Labute approximate surface area is 166 Å². The van der Waals surface area contributed by atoms with E-state index in [1.165, 1.54) is 22.3 Å². The lowest BCUT2D eigenvalue weighted by atomic mass is 9.92. The van der Waals surface area contributed by atoms with E-state index in [2.05, 4.69) is 42.3 Å². The normalized spacial score (nSPS) is 19.7. The number of benzene rings is 2. The second-order valence-electron chi connectivity index (χ2n) is 7.95. The minimum absolute atomic E-state index is 0.345. The molecule has 0 spiro atoms. The first-order valence-electron chi connectivity index (χ1n) is 10.2. The van der Waals surface area contributed by atoms with Gasteiger partial charge in [0.25, 0.3) is 0 Å². The Kier molecular flexibility index (Phi) is 5.18. The summed E-state index contributed by atoms with van der Waals surface area (Å²) in [5, 5.41) is 4.59. The van der Waals surface area contributed by atoms with Crippen molar-refractivity contribution < 1.29 is 0 Å². The van der Waals surface area contributed by atoms with Gasteiger partial charge in [-0.25, -0.2) is 9.97 Å². The molecule has 3 aromatic rings. The Balaban J connectivity index is 1.68. The summed E-state index contributed by atoms with van der Waals surface area (Å²) in [7, 11) is 0. The molecule has 0 atom stereocenters. The summed E-state index contributed by atoms with van der Waals surface area (Å²) in [5.74, 6) is 0.721. The first kappa shape index (κ1) is 18.7. The van der Waals surface area contributed by atoms with Crippen molar-refractivity contribution in [2.75, 3.05) is 11.1 Å². The van der Waals surface area contributed by atoms with Crippen molar-refractivity contribution in [1.29, 1.82) is 0 Å². The molecule has 5 heteroatoms. The van der Waals surface area contributed by atoms with E-state index in [1.54, 1.807) is 0 Å². The Morgan fingerprint density at radius 3 is 2.61 bits per heavy atom. The quantitative estimate of drug-likeness (QED) is 0.587. The number of fused-ring (bicyclic) bond motifs is 1. The molecule has 1 aliphatic carbocycles. The number of nitrogens with zero attached hydrogens (tertiary/aromatic N) is 2. The van der Waals surface area contributed by atoms with Gasteiger partial charge in [0, 0.05) is 29.4 Å². The molecule has 146 valence electrons. The largest absolute Gasteiger partial charge is 0.399 e. The Morgan fingerprint density at radius 1 is 1.11 bits per heavy atom. The molecule has 1 aliphatic rings. The van der Waals surface area contributed by atoms with E-state index < -0.39 is 0 Å². The van der Waals surface area contributed by atoms with E-state index in [-0.39, 0.29) is 0 Å². The maximum absolute atomic E-state index is 6.02. The lowest BCUT2D eigenvalue weighted by Crippen LogP contribution is -2.33. The number of hydrogen-bond acceptors (Lipinski definition) is 5. The lowest BCUT2D eigenvalue weighted by Gasteiger charge is -2.26. The van der Waals surface area contributed by atoms with Crippen LogP contribution in [0.15, 0.2) is 36.5 Å². The van der Waals surface area contributed by atoms with Crippen LogP contribution in [0.4, 0.5) is 11.6 Å². The second-order valence-corrected chi connectivity index (χ2v) is 7.95. The average Bonchev–Trinajstić information content (AvgIpc) is 2.69. The van der Waals surface area contributed by atoms with Crippen molar-refractivity contribution >= 4 is 22.5 Å². The molecule has 0 amide bonds. The molecular weight excluding hydrogens is 346 g/mol. The van der Waals surface area contributed by atoms with E-state index in [1.807, 2.05) is 18.3 Å². The lowest BCUT2D eigenvalue weighted by molar-refractivity contribution is 0.410. The molecule has 1 heterocycles. The first-order valence-corrected chi connectivity index (χ1v) is 10.2. The second kappa shape index (κ2) is 7.76. The van der Waals surface area contributed by atoms with E-state index in [4.69, 9.17) is 16.5 Å². The van der Waals surface area contributed by atoms with Gasteiger partial charge in [0.2, 0.25) is 5.95 Å². The van der Waals surface area contributed by atoms with Crippen LogP contribution in [0.25, 0.3) is 22.0 Å². The van der Waals surface area contributed by atoms with Crippen LogP contribution >= 0.6 is 0 Å². The molecule has 1 aromatic heterocycles. The number of aromatic nitrogens is 2. The van der Waals surface area contributed by atoms with Crippen molar-refractivity contribution in [1.82, 2.24) is 9.97 Å². The van der Waals surface area contributed by atoms with Gasteiger partial charge in [-0.15, -0.1) is 0 Å². The van der Waals surface area contributed by atoms with Crippen LogP contribution in [0.2, 0.25) is 0 Å². The average molecular weight is 376 g/mol. The number of nitrogen functional groups attached to an aromatic ring is 1. The highest BCUT2D eigenvalue weighted by Gasteiger charge is 2.19. The molecule has 0 saturated heterocycles. The van der Waals surface area contributed by atoms with Gasteiger partial charge in [-0.1, -0.05) is 13.0 Å².